The molecule has 4 N–H and O–H groups in total. The van der Waals surface area contributed by atoms with Crippen molar-refractivity contribution in [2.45, 2.75) is 24.9 Å². The third-order valence-electron chi connectivity index (χ3n) is 3.98. The highest BCUT2D eigenvalue weighted by Gasteiger charge is 2.27. The largest absolute Gasteiger partial charge is 0.329 e. The second kappa shape index (κ2) is 8.84. The Labute approximate surface area is 157 Å². The van der Waals surface area contributed by atoms with Crippen LogP contribution in [-0.4, -0.2) is 29.1 Å². The Bertz CT molecular complexity index is 752. The van der Waals surface area contributed by atoms with Gasteiger partial charge in [0.05, 0.1) is 5.75 Å². The summed E-state index contributed by atoms with van der Waals surface area (Å²) in [5.41, 5.74) is 8.79. The number of nitrogens with one attached hydrogen (secondary N) is 4. The van der Waals surface area contributed by atoms with Gasteiger partial charge in [-0.1, -0.05) is 48.0 Å². The first kappa shape index (κ1) is 18.4. The number of carbonyl (C=O) groups excluding carboxylic acids is 2. The van der Waals surface area contributed by atoms with Crippen molar-refractivity contribution >= 4 is 29.3 Å². The molecule has 26 heavy (non-hydrogen) atoms. The Morgan fingerprint density at radius 2 is 1.81 bits per heavy atom. The van der Waals surface area contributed by atoms with Gasteiger partial charge in [-0.05, 0) is 31.0 Å². The first-order valence-corrected chi connectivity index (χ1v) is 9.48. The summed E-state index contributed by atoms with van der Waals surface area (Å²) in [6.45, 7) is 2.03. The molecule has 0 aliphatic carbocycles. The van der Waals surface area contributed by atoms with Crippen molar-refractivity contribution in [3.63, 3.8) is 0 Å². The van der Waals surface area contributed by atoms with Gasteiger partial charge in [-0.2, -0.15) is 0 Å². The standard InChI is InChI=1S/C19H22N4O2S/c1-13-7-9-14(10-8-13)11-16-18(25)21-19(23-22-16)26-12-17(24)20-15-5-3-2-4-6-15/h2-10,16,19,22-23H,11-12H2,1H3,(H,20,24)(H,21,25). The van der Waals surface area contributed by atoms with E-state index in [-0.39, 0.29) is 29.1 Å². The highest BCUT2D eigenvalue weighted by atomic mass is 32.2. The Balaban J connectivity index is 1.42. The number of anilines is 1. The molecule has 136 valence electrons. The van der Waals surface area contributed by atoms with Crippen molar-refractivity contribution in [1.29, 1.82) is 0 Å². The molecule has 1 fully saturated rings. The van der Waals surface area contributed by atoms with Gasteiger partial charge in [-0.15, -0.1) is 11.8 Å². The van der Waals surface area contributed by atoms with Crippen molar-refractivity contribution in [3.8, 4) is 0 Å². The van der Waals surface area contributed by atoms with Gasteiger partial charge in [-0.3, -0.25) is 9.59 Å². The third kappa shape index (κ3) is 5.32. The van der Waals surface area contributed by atoms with Crippen LogP contribution in [0.2, 0.25) is 0 Å². The molecular weight excluding hydrogens is 348 g/mol. The minimum atomic E-state index is -0.349. The maximum atomic E-state index is 12.3. The SMILES string of the molecule is Cc1ccc(CC2NNC(SCC(=O)Nc3ccccc3)NC2=O)cc1. The molecular formula is C19H22N4O2S. The van der Waals surface area contributed by atoms with E-state index in [0.717, 1.165) is 11.3 Å². The summed E-state index contributed by atoms with van der Waals surface area (Å²) in [5.74, 6) is 0.0428. The van der Waals surface area contributed by atoms with Crippen LogP contribution >= 0.6 is 11.8 Å². The topological polar surface area (TPSA) is 82.3 Å². The van der Waals surface area contributed by atoms with Crippen LogP contribution < -0.4 is 21.5 Å². The molecule has 1 heterocycles. The summed E-state index contributed by atoms with van der Waals surface area (Å²) in [4.78, 5) is 24.3. The third-order valence-corrected chi connectivity index (χ3v) is 4.98. The molecule has 3 rings (SSSR count). The Kier molecular flexibility index (Phi) is 6.27. The van der Waals surface area contributed by atoms with Gasteiger partial charge in [0.1, 0.15) is 11.5 Å². The van der Waals surface area contributed by atoms with E-state index in [1.54, 1.807) is 0 Å². The van der Waals surface area contributed by atoms with Crippen LogP contribution in [0.4, 0.5) is 5.69 Å². The van der Waals surface area contributed by atoms with Crippen LogP contribution in [0, 0.1) is 6.92 Å². The molecule has 0 aromatic heterocycles. The number of hydrogen-bond donors (Lipinski definition) is 4. The maximum Gasteiger partial charge on any atom is 0.240 e. The number of benzene rings is 2. The molecule has 1 saturated heterocycles. The predicted octanol–water partition coefficient (Wildman–Crippen LogP) is 1.79. The number of hydrogen-bond acceptors (Lipinski definition) is 5. The molecule has 2 amide bonds. The molecule has 1 aliphatic heterocycles. The monoisotopic (exact) mass is 370 g/mol. The summed E-state index contributed by atoms with van der Waals surface area (Å²) in [7, 11) is 0. The summed E-state index contributed by atoms with van der Waals surface area (Å²) in [6.07, 6.45) is 0.602. The number of hydrazine groups is 1. The van der Waals surface area contributed by atoms with Gasteiger partial charge in [0.2, 0.25) is 11.8 Å². The van der Waals surface area contributed by atoms with E-state index >= 15 is 0 Å². The van der Waals surface area contributed by atoms with E-state index in [4.69, 9.17) is 0 Å². The van der Waals surface area contributed by atoms with E-state index in [1.165, 1.54) is 17.3 Å². The number of thioether (sulfide) groups is 1. The summed E-state index contributed by atoms with van der Waals surface area (Å²) in [5, 5.41) is 5.71. The average Bonchev–Trinajstić information content (AvgIpc) is 2.64. The Hall–Kier alpha value is -2.35. The van der Waals surface area contributed by atoms with Crippen LogP contribution in [0.5, 0.6) is 0 Å². The number of rotatable bonds is 6. The zero-order valence-electron chi connectivity index (χ0n) is 14.5. The minimum absolute atomic E-state index is 0.0784. The lowest BCUT2D eigenvalue weighted by Gasteiger charge is -2.31. The lowest BCUT2D eigenvalue weighted by Crippen LogP contribution is -2.64. The first-order valence-electron chi connectivity index (χ1n) is 8.43. The van der Waals surface area contributed by atoms with Crippen molar-refractivity contribution in [1.82, 2.24) is 16.2 Å². The quantitative estimate of drug-likeness (QED) is 0.623. The molecule has 1 aliphatic rings. The van der Waals surface area contributed by atoms with Gasteiger partial charge in [0, 0.05) is 5.69 Å². The van der Waals surface area contributed by atoms with Gasteiger partial charge in [0.25, 0.3) is 0 Å². The van der Waals surface area contributed by atoms with E-state index in [9.17, 15) is 9.59 Å². The number of para-hydroxylation sites is 1. The summed E-state index contributed by atoms with van der Waals surface area (Å²) in [6, 6.07) is 17.1. The smallest absolute Gasteiger partial charge is 0.240 e. The summed E-state index contributed by atoms with van der Waals surface area (Å²) >= 11 is 1.32. The number of amides is 2. The fraction of sp³-hybridized carbons (Fsp3) is 0.263. The van der Waals surface area contributed by atoms with E-state index in [0.29, 0.717) is 6.42 Å². The average molecular weight is 370 g/mol. The molecule has 0 spiro atoms. The van der Waals surface area contributed by atoms with Gasteiger partial charge in [-0.25, -0.2) is 10.9 Å². The van der Waals surface area contributed by atoms with Gasteiger partial charge >= 0.3 is 0 Å². The van der Waals surface area contributed by atoms with Crippen molar-refractivity contribution in [2.24, 2.45) is 0 Å². The predicted molar refractivity (Wildman–Crippen MR) is 104 cm³/mol. The molecule has 0 saturated carbocycles. The molecule has 2 unspecified atom stereocenters. The van der Waals surface area contributed by atoms with Crippen LogP contribution in [0.1, 0.15) is 11.1 Å². The Morgan fingerprint density at radius 1 is 1.08 bits per heavy atom. The fourth-order valence-electron chi connectivity index (χ4n) is 2.57. The highest BCUT2D eigenvalue weighted by molar-refractivity contribution is 8.00. The zero-order chi connectivity index (χ0) is 18.4. The lowest BCUT2D eigenvalue weighted by molar-refractivity contribution is -0.125. The van der Waals surface area contributed by atoms with Crippen molar-refractivity contribution in [2.75, 3.05) is 11.1 Å². The fourth-order valence-corrected chi connectivity index (χ4v) is 3.31. The second-order valence-electron chi connectivity index (χ2n) is 6.14. The maximum absolute atomic E-state index is 12.3. The summed E-state index contributed by atoms with van der Waals surface area (Å²) < 4.78 is 0. The highest BCUT2D eigenvalue weighted by Crippen LogP contribution is 2.12. The normalized spacial score (nSPS) is 19.7. The van der Waals surface area contributed by atoms with Crippen LogP contribution in [0.3, 0.4) is 0 Å². The van der Waals surface area contributed by atoms with Gasteiger partial charge in [0.15, 0.2) is 0 Å². The van der Waals surface area contributed by atoms with Crippen molar-refractivity contribution < 1.29 is 9.59 Å². The van der Waals surface area contributed by atoms with Gasteiger partial charge < -0.3 is 10.6 Å². The van der Waals surface area contributed by atoms with Crippen LogP contribution in [0.15, 0.2) is 54.6 Å². The molecule has 2 atom stereocenters. The van der Waals surface area contributed by atoms with E-state index < -0.39 is 0 Å². The molecule has 2 aromatic rings. The Morgan fingerprint density at radius 3 is 2.50 bits per heavy atom. The first-order chi connectivity index (χ1) is 12.6. The minimum Gasteiger partial charge on any atom is -0.329 e. The molecule has 0 radical (unpaired) electrons. The zero-order valence-corrected chi connectivity index (χ0v) is 15.3. The molecule has 2 aromatic carbocycles. The lowest BCUT2D eigenvalue weighted by atomic mass is 10.0. The number of aryl methyl sites for hydroxylation is 1. The molecule has 6 nitrogen and oxygen atoms in total. The molecule has 0 bridgehead atoms. The van der Waals surface area contributed by atoms with E-state index in [2.05, 4.69) is 21.5 Å². The second-order valence-corrected chi connectivity index (χ2v) is 7.24. The number of carbonyl (C=O) groups is 2. The molecule has 7 heteroatoms. The van der Waals surface area contributed by atoms with Crippen LogP contribution in [-0.2, 0) is 16.0 Å². The van der Waals surface area contributed by atoms with E-state index in [1.807, 2.05) is 61.5 Å². The van der Waals surface area contributed by atoms with Crippen LogP contribution in [0.25, 0.3) is 0 Å². The van der Waals surface area contributed by atoms with Crippen molar-refractivity contribution in [3.05, 3.63) is 65.7 Å².